The third-order valence-electron chi connectivity index (χ3n) is 7.50. The molecule has 0 aromatic rings. The zero-order chi connectivity index (χ0) is 44.8. The average molecular weight is 854 g/mol. The quantitative estimate of drug-likeness (QED) is 0.0353. The molecular formula is C40H59N3O17. The number of hydrogen-bond donors (Lipinski definition) is 0. The van der Waals surface area contributed by atoms with Crippen molar-refractivity contribution in [3.63, 3.8) is 0 Å². The van der Waals surface area contributed by atoms with Crippen LogP contribution in [0.1, 0.15) is 19.3 Å². The molecule has 0 fully saturated rings. The van der Waals surface area contributed by atoms with Gasteiger partial charge in [-0.3, -0.25) is 24.0 Å². The van der Waals surface area contributed by atoms with Gasteiger partial charge in [0.1, 0.15) is 33.0 Å². The minimum absolute atomic E-state index is 0.0150. The van der Waals surface area contributed by atoms with Crippen LogP contribution in [0, 0.1) is 0 Å². The lowest BCUT2D eigenvalue weighted by Gasteiger charge is -2.23. The van der Waals surface area contributed by atoms with Gasteiger partial charge in [0.2, 0.25) is 17.7 Å². The number of carbonyl (C=O) groups is 8. The number of nitrogens with zero attached hydrogens (tertiary/aromatic N) is 3. The van der Waals surface area contributed by atoms with Gasteiger partial charge in [0.05, 0.1) is 91.8 Å². The first-order chi connectivity index (χ1) is 28.9. The van der Waals surface area contributed by atoms with E-state index in [4.69, 9.17) is 42.6 Å². The molecule has 0 unspecified atom stereocenters. The molecule has 0 heterocycles. The van der Waals surface area contributed by atoms with E-state index in [-0.39, 0.29) is 162 Å². The minimum Gasteiger partial charge on any atom is -0.463 e. The van der Waals surface area contributed by atoms with Crippen LogP contribution in [0.5, 0.6) is 0 Å². The second-order valence-electron chi connectivity index (χ2n) is 11.7. The van der Waals surface area contributed by atoms with Crippen LogP contribution in [0.25, 0.3) is 0 Å². The first-order valence-electron chi connectivity index (χ1n) is 19.0. The van der Waals surface area contributed by atoms with E-state index in [0.29, 0.717) is 0 Å². The number of amides is 3. The van der Waals surface area contributed by atoms with Gasteiger partial charge in [-0.1, -0.05) is 32.9 Å². The normalized spacial score (nSPS) is 10.3. The largest absolute Gasteiger partial charge is 0.463 e. The van der Waals surface area contributed by atoms with Crippen molar-refractivity contribution in [3.8, 4) is 0 Å². The summed E-state index contributed by atoms with van der Waals surface area (Å²) in [4.78, 5) is 98.9. The molecule has 0 aliphatic heterocycles. The summed E-state index contributed by atoms with van der Waals surface area (Å²) in [6.45, 7) is 18.0. The molecule has 3 amide bonds. The van der Waals surface area contributed by atoms with Gasteiger partial charge in [-0.05, 0) is 12.2 Å². The van der Waals surface area contributed by atoms with Crippen molar-refractivity contribution < 1.29 is 81.0 Å². The first kappa shape index (κ1) is 54.3. The third kappa shape index (κ3) is 29.5. The number of carbonyl (C=O) groups excluding carboxylic acids is 8. The zero-order valence-corrected chi connectivity index (χ0v) is 34.3. The van der Waals surface area contributed by atoms with E-state index in [9.17, 15) is 38.4 Å². The topological polar surface area (TPSA) is 229 Å². The van der Waals surface area contributed by atoms with E-state index in [0.717, 1.165) is 30.4 Å². The zero-order valence-electron chi connectivity index (χ0n) is 34.3. The van der Waals surface area contributed by atoms with Crippen molar-refractivity contribution in [2.24, 2.45) is 0 Å². The summed E-state index contributed by atoms with van der Waals surface area (Å²) in [6.07, 6.45) is 5.18. The Bertz CT molecular complexity index is 1400. The second-order valence-corrected chi connectivity index (χ2v) is 11.7. The fourth-order valence-electron chi connectivity index (χ4n) is 4.36. The predicted molar refractivity (Wildman–Crippen MR) is 213 cm³/mol. The summed E-state index contributed by atoms with van der Waals surface area (Å²) in [7, 11) is 0. The predicted octanol–water partition coefficient (Wildman–Crippen LogP) is 0.355. The van der Waals surface area contributed by atoms with E-state index >= 15 is 0 Å². The lowest BCUT2D eigenvalue weighted by Crippen LogP contribution is -2.38. The van der Waals surface area contributed by atoms with Gasteiger partial charge in [0, 0.05) is 37.9 Å². The highest BCUT2D eigenvalue weighted by Crippen LogP contribution is 2.00. The van der Waals surface area contributed by atoms with Crippen molar-refractivity contribution in [1.29, 1.82) is 0 Å². The maximum absolute atomic E-state index is 12.9. The summed E-state index contributed by atoms with van der Waals surface area (Å²) in [5.41, 5.74) is 0. The Morgan fingerprint density at radius 2 is 0.650 bits per heavy atom. The summed E-state index contributed by atoms with van der Waals surface area (Å²) < 4.78 is 46.7. The van der Waals surface area contributed by atoms with Gasteiger partial charge in [-0.2, -0.15) is 0 Å². The number of rotatable bonds is 38. The van der Waals surface area contributed by atoms with Crippen molar-refractivity contribution in [1.82, 2.24) is 14.7 Å². The highest BCUT2D eigenvalue weighted by Gasteiger charge is 2.16. The molecule has 0 aliphatic rings. The summed E-state index contributed by atoms with van der Waals surface area (Å²) >= 11 is 0. The van der Waals surface area contributed by atoms with E-state index in [1.807, 2.05) is 0 Å². The maximum atomic E-state index is 12.9. The molecule has 20 nitrogen and oxygen atoms in total. The fourth-order valence-corrected chi connectivity index (χ4v) is 4.36. The number of esters is 5. The molecule has 0 rings (SSSR count). The lowest BCUT2D eigenvalue weighted by atomic mass is 10.3. The van der Waals surface area contributed by atoms with Crippen LogP contribution in [0.15, 0.2) is 63.3 Å². The van der Waals surface area contributed by atoms with Crippen LogP contribution >= 0.6 is 0 Å². The highest BCUT2D eigenvalue weighted by molar-refractivity contribution is 5.87. The third-order valence-corrected chi connectivity index (χ3v) is 7.50. The molecule has 0 spiro atoms. The monoisotopic (exact) mass is 853 g/mol. The summed E-state index contributed by atoms with van der Waals surface area (Å²) in [5, 5.41) is 0. The summed E-state index contributed by atoms with van der Waals surface area (Å²) in [5.74, 6) is -3.97. The van der Waals surface area contributed by atoms with Crippen LogP contribution in [0.4, 0.5) is 0 Å². The van der Waals surface area contributed by atoms with Gasteiger partial charge < -0.3 is 57.3 Å². The van der Waals surface area contributed by atoms with Crippen molar-refractivity contribution in [2.45, 2.75) is 19.3 Å². The summed E-state index contributed by atoms with van der Waals surface area (Å²) in [6, 6.07) is 0. The Morgan fingerprint density at radius 1 is 0.333 bits per heavy atom. The van der Waals surface area contributed by atoms with Crippen LogP contribution in [-0.2, 0) is 81.0 Å². The van der Waals surface area contributed by atoms with Gasteiger partial charge in [0.15, 0.2) is 0 Å². The van der Waals surface area contributed by atoms with E-state index in [1.165, 1.54) is 14.7 Å². The SMILES string of the molecule is C=CC(=O)OCCN(CCOCCC(=O)OCCOCCOC(=O)CCOCCN(CCOC(=O)C=C)C(=O)CCOCCN(CCOC(=O)C=C)C(=O)C=C)C(=O)C=C. The van der Waals surface area contributed by atoms with Crippen LogP contribution in [0.3, 0.4) is 0 Å². The fraction of sp³-hybridized carbons (Fsp3) is 0.550. The highest BCUT2D eigenvalue weighted by atomic mass is 16.6. The molecule has 0 bridgehead atoms. The molecule has 0 saturated carbocycles. The van der Waals surface area contributed by atoms with E-state index in [2.05, 4.69) is 32.9 Å². The van der Waals surface area contributed by atoms with Gasteiger partial charge in [-0.15, -0.1) is 0 Å². The van der Waals surface area contributed by atoms with E-state index in [1.54, 1.807) is 0 Å². The molecular weight excluding hydrogens is 794 g/mol. The second kappa shape index (κ2) is 36.4. The van der Waals surface area contributed by atoms with Crippen LogP contribution in [0.2, 0.25) is 0 Å². The number of ether oxygens (including phenoxy) is 9. The van der Waals surface area contributed by atoms with Gasteiger partial charge >= 0.3 is 29.8 Å². The Morgan fingerprint density at radius 3 is 1.02 bits per heavy atom. The Hall–Kier alpha value is -5.70. The van der Waals surface area contributed by atoms with Crippen molar-refractivity contribution >= 4 is 47.6 Å². The van der Waals surface area contributed by atoms with Crippen LogP contribution < -0.4 is 0 Å². The van der Waals surface area contributed by atoms with Gasteiger partial charge in [-0.25, -0.2) is 14.4 Å². The Labute approximate surface area is 350 Å². The molecule has 20 heteroatoms. The molecule has 336 valence electrons. The van der Waals surface area contributed by atoms with Gasteiger partial charge in [0.25, 0.3) is 0 Å². The average Bonchev–Trinajstić information content (AvgIpc) is 3.25. The molecule has 0 radical (unpaired) electrons. The molecule has 0 atom stereocenters. The Kier molecular flexibility index (Phi) is 32.9. The molecule has 0 N–H and O–H groups in total. The van der Waals surface area contributed by atoms with E-state index < -0.39 is 29.8 Å². The van der Waals surface area contributed by atoms with Crippen molar-refractivity contribution in [3.05, 3.63) is 63.3 Å². The molecule has 60 heavy (non-hydrogen) atoms. The first-order valence-corrected chi connectivity index (χ1v) is 19.0. The Balaban J connectivity index is 4.27. The lowest BCUT2D eigenvalue weighted by molar-refractivity contribution is -0.148. The standard InChI is InChI=1S/C40H59N3O17/c1-6-33(44)41(17-26-56-36(47)8-3)14-23-52-20-11-35(46)43(19-28-58-38(49)10-5)16-25-54-22-13-40(51)60-32-30-55-29-31-59-39(50)12-21-53-24-15-42(34(45)7-2)18-27-57-37(48)9-4/h6-10H,1-5,11-32H2. The van der Waals surface area contributed by atoms with Crippen LogP contribution in [-0.4, -0.2) is 187 Å². The number of hydrogen-bond acceptors (Lipinski definition) is 17. The molecule has 0 aromatic carbocycles. The molecule has 0 aliphatic carbocycles. The minimum atomic E-state index is -0.643. The molecule has 0 saturated heterocycles. The van der Waals surface area contributed by atoms with Crippen molar-refractivity contribution in [2.75, 3.05) is 125 Å². The maximum Gasteiger partial charge on any atom is 0.330 e. The molecule has 0 aromatic heterocycles. The smallest absolute Gasteiger partial charge is 0.330 e.